The SMILES string of the molecule is COc1ccc(Cn2cc3c(n2)CCCc2sc(Nc4ncc(F)cn4)nc2-3)cc1. The predicted octanol–water partition coefficient (Wildman–Crippen LogP) is 4.22. The summed E-state index contributed by atoms with van der Waals surface area (Å²) in [6, 6.07) is 8.00. The van der Waals surface area contributed by atoms with Crippen LogP contribution in [0.15, 0.2) is 42.9 Å². The molecule has 0 radical (unpaired) electrons. The molecule has 1 N–H and O–H groups in total. The number of hydrogen-bond acceptors (Lipinski definition) is 7. The minimum Gasteiger partial charge on any atom is -0.497 e. The quantitative estimate of drug-likeness (QED) is 0.519. The summed E-state index contributed by atoms with van der Waals surface area (Å²) in [6.07, 6.45) is 7.24. The van der Waals surface area contributed by atoms with Gasteiger partial charge in [-0.1, -0.05) is 12.1 Å². The smallest absolute Gasteiger partial charge is 0.229 e. The molecule has 3 aromatic heterocycles. The maximum atomic E-state index is 13.0. The molecule has 152 valence electrons. The van der Waals surface area contributed by atoms with Crippen molar-refractivity contribution in [3.05, 3.63) is 64.8 Å². The van der Waals surface area contributed by atoms with Gasteiger partial charge in [-0.15, -0.1) is 11.3 Å². The van der Waals surface area contributed by atoms with E-state index in [0.29, 0.717) is 17.6 Å². The van der Waals surface area contributed by atoms with E-state index in [1.54, 1.807) is 18.4 Å². The monoisotopic (exact) mass is 422 g/mol. The van der Waals surface area contributed by atoms with Gasteiger partial charge in [0.15, 0.2) is 10.9 Å². The number of thiazole rings is 1. The summed E-state index contributed by atoms with van der Waals surface area (Å²) in [5, 5.41) is 8.59. The molecular formula is C21H19FN6OS. The van der Waals surface area contributed by atoms with Crippen molar-refractivity contribution in [1.29, 1.82) is 0 Å². The van der Waals surface area contributed by atoms with Crippen LogP contribution in [-0.4, -0.2) is 31.8 Å². The van der Waals surface area contributed by atoms with Gasteiger partial charge in [0.1, 0.15) is 5.75 Å². The number of hydrogen-bond donors (Lipinski definition) is 1. The average molecular weight is 422 g/mol. The molecule has 0 saturated heterocycles. The fourth-order valence-electron chi connectivity index (χ4n) is 3.52. The zero-order valence-electron chi connectivity index (χ0n) is 16.3. The fraction of sp³-hybridized carbons (Fsp3) is 0.238. The van der Waals surface area contributed by atoms with Crippen LogP contribution in [0.5, 0.6) is 5.75 Å². The van der Waals surface area contributed by atoms with Crippen molar-refractivity contribution in [3.63, 3.8) is 0 Å². The molecule has 3 heterocycles. The van der Waals surface area contributed by atoms with E-state index >= 15 is 0 Å². The molecule has 0 amide bonds. The van der Waals surface area contributed by atoms with Gasteiger partial charge in [0.2, 0.25) is 5.95 Å². The first-order valence-electron chi connectivity index (χ1n) is 9.62. The molecule has 5 rings (SSSR count). The molecule has 0 saturated carbocycles. The Balaban J connectivity index is 1.41. The van der Waals surface area contributed by atoms with E-state index in [-0.39, 0.29) is 0 Å². The highest BCUT2D eigenvalue weighted by Gasteiger charge is 2.22. The Morgan fingerprint density at radius 3 is 2.73 bits per heavy atom. The number of aromatic nitrogens is 5. The van der Waals surface area contributed by atoms with Crippen molar-refractivity contribution in [2.24, 2.45) is 0 Å². The van der Waals surface area contributed by atoms with E-state index in [1.165, 1.54) is 4.88 Å². The van der Waals surface area contributed by atoms with Gasteiger partial charge >= 0.3 is 0 Å². The molecule has 0 fully saturated rings. The molecule has 0 bridgehead atoms. The van der Waals surface area contributed by atoms with Crippen LogP contribution in [0, 0.1) is 5.82 Å². The van der Waals surface area contributed by atoms with E-state index in [0.717, 1.165) is 59.9 Å². The normalized spacial score (nSPS) is 12.7. The number of nitrogens with zero attached hydrogens (tertiary/aromatic N) is 5. The zero-order valence-corrected chi connectivity index (χ0v) is 17.1. The van der Waals surface area contributed by atoms with E-state index in [1.807, 2.05) is 28.9 Å². The fourth-order valence-corrected chi connectivity index (χ4v) is 4.53. The number of methoxy groups -OCH3 is 1. The first-order chi connectivity index (χ1) is 14.7. The molecular weight excluding hydrogens is 403 g/mol. The lowest BCUT2D eigenvalue weighted by molar-refractivity contribution is 0.414. The van der Waals surface area contributed by atoms with Crippen molar-refractivity contribution in [2.75, 3.05) is 12.4 Å². The Morgan fingerprint density at radius 2 is 1.97 bits per heavy atom. The molecule has 9 heteroatoms. The van der Waals surface area contributed by atoms with Crippen LogP contribution >= 0.6 is 11.3 Å². The Labute approximate surface area is 176 Å². The van der Waals surface area contributed by atoms with Crippen molar-refractivity contribution < 1.29 is 9.13 Å². The molecule has 0 spiro atoms. The molecule has 1 aliphatic rings. The van der Waals surface area contributed by atoms with Gasteiger partial charge in [-0.3, -0.25) is 4.68 Å². The van der Waals surface area contributed by atoms with Gasteiger partial charge < -0.3 is 10.1 Å². The van der Waals surface area contributed by atoms with E-state index in [4.69, 9.17) is 14.8 Å². The highest BCUT2D eigenvalue weighted by atomic mass is 32.1. The maximum absolute atomic E-state index is 13.0. The number of anilines is 2. The third-order valence-corrected chi connectivity index (χ3v) is 5.98. The summed E-state index contributed by atoms with van der Waals surface area (Å²) in [6.45, 7) is 0.686. The minimum atomic E-state index is -0.468. The van der Waals surface area contributed by atoms with E-state index in [9.17, 15) is 4.39 Å². The van der Waals surface area contributed by atoms with Crippen LogP contribution in [0.1, 0.15) is 22.6 Å². The van der Waals surface area contributed by atoms with Crippen LogP contribution in [0.2, 0.25) is 0 Å². The molecule has 30 heavy (non-hydrogen) atoms. The second-order valence-electron chi connectivity index (χ2n) is 7.03. The van der Waals surface area contributed by atoms with Crippen molar-refractivity contribution in [1.82, 2.24) is 24.7 Å². The van der Waals surface area contributed by atoms with E-state index < -0.39 is 5.82 Å². The highest BCUT2D eigenvalue weighted by molar-refractivity contribution is 7.16. The number of benzene rings is 1. The molecule has 0 unspecified atom stereocenters. The zero-order chi connectivity index (χ0) is 20.5. The van der Waals surface area contributed by atoms with Crippen LogP contribution < -0.4 is 10.1 Å². The van der Waals surface area contributed by atoms with E-state index in [2.05, 4.69) is 21.5 Å². The minimum absolute atomic E-state index is 0.329. The molecule has 4 aromatic rings. The lowest BCUT2D eigenvalue weighted by Crippen LogP contribution is -2.01. The second kappa shape index (κ2) is 7.83. The van der Waals surface area contributed by atoms with Crippen molar-refractivity contribution in [3.8, 4) is 17.0 Å². The molecule has 0 aliphatic heterocycles. The number of rotatable bonds is 5. The van der Waals surface area contributed by atoms with Gasteiger partial charge in [-0.25, -0.2) is 19.3 Å². The van der Waals surface area contributed by atoms with Gasteiger partial charge in [0.05, 0.1) is 37.4 Å². The Hall–Kier alpha value is -3.33. The first-order valence-corrected chi connectivity index (χ1v) is 10.4. The molecule has 0 atom stereocenters. The number of halogens is 1. The third kappa shape index (κ3) is 3.76. The second-order valence-corrected chi connectivity index (χ2v) is 8.11. The Kier molecular flexibility index (Phi) is 4.88. The largest absolute Gasteiger partial charge is 0.497 e. The maximum Gasteiger partial charge on any atom is 0.229 e. The third-order valence-electron chi connectivity index (χ3n) is 4.95. The van der Waals surface area contributed by atoms with Gasteiger partial charge in [0.25, 0.3) is 0 Å². The number of nitrogens with one attached hydrogen (secondary N) is 1. The summed E-state index contributed by atoms with van der Waals surface area (Å²) in [5.41, 5.74) is 4.25. The Morgan fingerprint density at radius 1 is 1.17 bits per heavy atom. The summed E-state index contributed by atoms with van der Waals surface area (Å²) < 4.78 is 20.2. The topological polar surface area (TPSA) is 77.8 Å². The lowest BCUT2D eigenvalue weighted by Gasteiger charge is -2.04. The summed E-state index contributed by atoms with van der Waals surface area (Å²) in [4.78, 5) is 13.9. The van der Waals surface area contributed by atoms with Crippen molar-refractivity contribution in [2.45, 2.75) is 25.8 Å². The number of fused-ring (bicyclic) bond motifs is 3. The molecule has 1 aromatic carbocycles. The summed E-state index contributed by atoms with van der Waals surface area (Å²) >= 11 is 1.58. The Bertz CT molecular complexity index is 1170. The van der Waals surface area contributed by atoms with Crippen LogP contribution in [-0.2, 0) is 19.4 Å². The van der Waals surface area contributed by atoms with Crippen LogP contribution in [0.25, 0.3) is 11.3 Å². The van der Waals surface area contributed by atoms with Crippen molar-refractivity contribution >= 4 is 22.4 Å². The summed E-state index contributed by atoms with van der Waals surface area (Å²) in [5.74, 6) is 0.701. The van der Waals surface area contributed by atoms with Gasteiger partial charge in [-0.2, -0.15) is 5.10 Å². The van der Waals surface area contributed by atoms with Crippen LogP contribution in [0.3, 0.4) is 0 Å². The average Bonchev–Trinajstić information content (AvgIpc) is 3.30. The van der Waals surface area contributed by atoms with Gasteiger partial charge in [-0.05, 0) is 37.0 Å². The highest BCUT2D eigenvalue weighted by Crippen LogP contribution is 2.37. The molecule has 7 nitrogen and oxygen atoms in total. The van der Waals surface area contributed by atoms with Gasteiger partial charge in [0, 0.05) is 16.6 Å². The number of aryl methyl sites for hydroxylation is 2. The first kappa shape index (κ1) is 18.7. The standard InChI is InChI=1S/C21H19FN6OS/c1-29-15-7-5-13(6-8-15)11-28-12-16-17(27-28)3-2-4-18-19(16)25-21(30-18)26-20-23-9-14(22)10-24-20/h5-10,12H,2-4,11H2,1H3,(H,23,24,25,26). The van der Waals surface area contributed by atoms with Crippen LogP contribution in [0.4, 0.5) is 15.5 Å². The number of ether oxygens (including phenoxy) is 1. The summed E-state index contributed by atoms with van der Waals surface area (Å²) in [7, 11) is 1.66. The predicted molar refractivity (Wildman–Crippen MR) is 113 cm³/mol. The molecule has 1 aliphatic carbocycles. The lowest BCUT2D eigenvalue weighted by atomic mass is 10.1.